The molecule has 1 aliphatic heterocycles. The fraction of sp³-hybridized carbons (Fsp3) is 0.588. The molecule has 20 heteroatoms. The number of rotatable bonds is 11. The predicted molar refractivity (Wildman–Crippen MR) is 195 cm³/mol. The molecule has 300 valence electrons. The number of nitrogens with zero attached hydrogens (tertiary/aromatic N) is 3. The highest BCUT2D eigenvalue weighted by Crippen LogP contribution is 2.49. The quantitative estimate of drug-likeness (QED) is 0.146. The molecule has 6 atom stereocenters. The number of hydrogen-bond donors (Lipinski definition) is 1. The number of nitrogens with one attached hydrogen (secondary N) is 1. The van der Waals surface area contributed by atoms with Gasteiger partial charge in [0, 0.05) is 6.20 Å². The fourth-order valence-corrected chi connectivity index (χ4v) is 7.60. The van der Waals surface area contributed by atoms with Crippen LogP contribution in [0.4, 0.5) is 24.6 Å². The van der Waals surface area contributed by atoms with Crippen LogP contribution in [0, 0.1) is 0 Å². The molecule has 54 heavy (non-hydrogen) atoms. The zero-order valence-electron chi connectivity index (χ0n) is 32.0. The SMILES string of the molecule is COC(=O)[C@H](C)NP(=O)(OC[C@H]1S[C@@H](n2ccc(N(C(=O)OC(C)(C)C)C(=O)OC(C)(C)C)nc2=O)[C@@H](F)[C@@H]1OC(=O)OC(C)(C)C)Oc1ccccc1. The summed E-state index contributed by atoms with van der Waals surface area (Å²) in [4.78, 5) is 69.0. The van der Waals surface area contributed by atoms with Crippen LogP contribution in [0.1, 0.15) is 74.6 Å². The van der Waals surface area contributed by atoms with Gasteiger partial charge in [0.2, 0.25) is 0 Å². The Morgan fingerprint density at radius 3 is 2.00 bits per heavy atom. The van der Waals surface area contributed by atoms with E-state index in [4.69, 9.17) is 32.7 Å². The van der Waals surface area contributed by atoms with Crippen LogP contribution >= 0.6 is 19.5 Å². The number of methoxy groups -OCH3 is 1. The lowest BCUT2D eigenvalue weighted by Gasteiger charge is -2.28. The molecule has 1 aromatic heterocycles. The number of hydrogen-bond acceptors (Lipinski definition) is 15. The number of alkyl halides is 1. The van der Waals surface area contributed by atoms with Gasteiger partial charge in [0.25, 0.3) is 0 Å². The standard InChI is InChI=1S/C34H48FN4O13PS/c1-20(27(40)46-11)37-53(45,52-21-15-13-12-14-16-21)47-19-22-25(48-31(44)51-34(8,9)10)24(35)26(54-22)38-18-17-23(36-28(38)41)39(29(42)49-32(2,3)4)30(43)50-33(5,6)7/h12-18,20,22,24-26H,19H2,1-11H3,(H,37,45)/t20-,22+,24-,25+,26+,53?/m0/s1. The molecule has 0 spiro atoms. The van der Waals surface area contributed by atoms with Gasteiger partial charge in [-0.3, -0.25) is 13.9 Å². The number of amides is 2. The van der Waals surface area contributed by atoms with Crippen molar-refractivity contribution in [1.82, 2.24) is 14.6 Å². The van der Waals surface area contributed by atoms with Gasteiger partial charge >= 0.3 is 37.7 Å². The van der Waals surface area contributed by atoms with Gasteiger partial charge in [0.05, 0.1) is 19.0 Å². The maximum Gasteiger partial charge on any atom is 0.509 e. The second kappa shape index (κ2) is 17.5. The van der Waals surface area contributed by atoms with Gasteiger partial charge in [0.1, 0.15) is 34.0 Å². The largest absolute Gasteiger partial charge is 0.509 e. The number of anilines is 1. The normalized spacial score (nSPS) is 20.5. The summed E-state index contributed by atoms with van der Waals surface area (Å²) >= 11 is 0.771. The van der Waals surface area contributed by atoms with Crippen molar-refractivity contribution in [3.8, 4) is 5.75 Å². The van der Waals surface area contributed by atoms with Crippen LogP contribution in [0.2, 0.25) is 0 Å². The molecule has 0 bridgehead atoms. The van der Waals surface area contributed by atoms with Crippen LogP contribution in [-0.4, -0.2) is 87.9 Å². The smallest absolute Gasteiger partial charge is 0.468 e. The van der Waals surface area contributed by atoms with Crippen molar-refractivity contribution in [1.29, 1.82) is 0 Å². The minimum atomic E-state index is -4.43. The maximum absolute atomic E-state index is 16.4. The zero-order chi connectivity index (χ0) is 40.8. The summed E-state index contributed by atoms with van der Waals surface area (Å²) in [6.45, 7) is 14.9. The van der Waals surface area contributed by atoms with Crippen molar-refractivity contribution in [2.45, 2.75) is 115 Å². The Bertz CT molecular complexity index is 1730. The van der Waals surface area contributed by atoms with Crippen LogP contribution in [0.15, 0.2) is 47.4 Å². The molecule has 1 N–H and O–H groups in total. The van der Waals surface area contributed by atoms with Gasteiger partial charge in [0.15, 0.2) is 18.1 Å². The van der Waals surface area contributed by atoms with E-state index in [1.165, 1.54) is 19.1 Å². The van der Waals surface area contributed by atoms with Gasteiger partial charge in [-0.15, -0.1) is 11.8 Å². The van der Waals surface area contributed by atoms with Crippen LogP contribution in [0.5, 0.6) is 5.75 Å². The molecule has 3 rings (SSSR count). The number of esters is 1. The summed E-state index contributed by atoms with van der Waals surface area (Å²) in [5, 5.41) is -0.112. The van der Waals surface area contributed by atoms with Crippen LogP contribution < -0.4 is 20.2 Å². The van der Waals surface area contributed by atoms with E-state index in [0.29, 0.717) is 4.90 Å². The van der Waals surface area contributed by atoms with Crippen molar-refractivity contribution >= 4 is 49.6 Å². The van der Waals surface area contributed by atoms with Gasteiger partial charge < -0.3 is 28.2 Å². The van der Waals surface area contributed by atoms with Gasteiger partial charge in [-0.1, -0.05) is 18.2 Å². The number of para-hydroxylation sites is 1. The number of imide groups is 1. The summed E-state index contributed by atoms with van der Waals surface area (Å²) in [6.07, 6.45) is -6.27. The fourth-order valence-electron chi connectivity index (χ4n) is 4.53. The van der Waals surface area contributed by atoms with E-state index >= 15 is 4.39 Å². The van der Waals surface area contributed by atoms with Crippen molar-refractivity contribution in [2.75, 3.05) is 18.6 Å². The van der Waals surface area contributed by atoms with Crippen LogP contribution in [-0.2, 0) is 37.6 Å². The molecule has 1 aromatic carbocycles. The lowest BCUT2D eigenvalue weighted by atomic mass is 10.1. The third kappa shape index (κ3) is 13.0. The third-order valence-corrected chi connectivity index (χ3v) is 9.81. The Labute approximate surface area is 317 Å². The second-order valence-electron chi connectivity index (χ2n) is 14.9. The first-order chi connectivity index (χ1) is 24.8. The topological polar surface area (TPSA) is 200 Å². The first-order valence-electron chi connectivity index (χ1n) is 16.7. The molecule has 2 aromatic rings. The van der Waals surface area contributed by atoms with Crippen molar-refractivity contribution in [2.24, 2.45) is 0 Å². The summed E-state index contributed by atoms with van der Waals surface area (Å²) in [5.74, 6) is -1.14. The minimum absolute atomic E-state index is 0.108. The Balaban J connectivity index is 2.00. The Morgan fingerprint density at radius 1 is 0.944 bits per heavy atom. The monoisotopic (exact) mass is 802 g/mol. The van der Waals surface area contributed by atoms with E-state index in [0.717, 1.165) is 35.7 Å². The van der Waals surface area contributed by atoms with Crippen LogP contribution in [0.3, 0.4) is 0 Å². The molecule has 1 saturated heterocycles. The predicted octanol–water partition coefficient (Wildman–Crippen LogP) is 6.55. The Kier molecular flexibility index (Phi) is 14.3. The van der Waals surface area contributed by atoms with Gasteiger partial charge in [-0.2, -0.15) is 15.0 Å². The van der Waals surface area contributed by atoms with E-state index in [1.807, 2.05) is 0 Å². The molecule has 0 aliphatic carbocycles. The van der Waals surface area contributed by atoms with Crippen molar-refractivity contribution < 1.29 is 60.9 Å². The lowest BCUT2D eigenvalue weighted by Crippen LogP contribution is -2.45. The summed E-state index contributed by atoms with van der Waals surface area (Å²) in [5.41, 5.74) is -4.21. The number of carbonyl (C=O) groups is 4. The first-order valence-corrected chi connectivity index (χ1v) is 19.2. The van der Waals surface area contributed by atoms with Crippen LogP contribution in [0.25, 0.3) is 0 Å². The maximum atomic E-state index is 16.4. The summed E-state index contributed by atoms with van der Waals surface area (Å²) < 4.78 is 68.7. The number of thioether (sulfide) groups is 1. The number of ether oxygens (including phenoxy) is 5. The average molecular weight is 803 g/mol. The lowest BCUT2D eigenvalue weighted by molar-refractivity contribution is -0.142. The van der Waals surface area contributed by atoms with E-state index in [-0.39, 0.29) is 5.75 Å². The highest BCUT2D eigenvalue weighted by Gasteiger charge is 2.50. The van der Waals surface area contributed by atoms with E-state index in [1.54, 1.807) is 80.5 Å². The third-order valence-electron chi connectivity index (χ3n) is 6.64. The second-order valence-corrected chi connectivity index (χ2v) is 18.0. The highest BCUT2D eigenvalue weighted by atomic mass is 32.2. The van der Waals surface area contributed by atoms with E-state index in [9.17, 15) is 28.5 Å². The molecular formula is C34H48FN4O13PS. The molecule has 1 unspecified atom stereocenters. The zero-order valence-corrected chi connectivity index (χ0v) is 33.7. The number of carbonyl (C=O) groups excluding carboxylic acids is 4. The Hall–Kier alpha value is -4.19. The first kappa shape index (κ1) is 44.2. The molecule has 0 radical (unpaired) electrons. The molecule has 2 amide bonds. The molecular weight excluding hydrogens is 754 g/mol. The van der Waals surface area contributed by atoms with Crippen molar-refractivity contribution in [3.05, 3.63) is 53.1 Å². The summed E-state index contributed by atoms with van der Waals surface area (Å²) in [7, 11) is -3.30. The van der Waals surface area contributed by atoms with Gasteiger partial charge in [-0.25, -0.2) is 28.1 Å². The molecule has 17 nitrogen and oxygen atoms in total. The average Bonchev–Trinajstić information content (AvgIpc) is 3.31. The Morgan fingerprint density at radius 2 is 1.50 bits per heavy atom. The molecule has 0 saturated carbocycles. The molecule has 1 fully saturated rings. The van der Waals surface area contributed by atoms with E-state index < -0.39 is 95.9 Å². The number of halogens is 1. The minimum Gasteiger partial charge on any atom is -0.468 e. The highest BCUT2D eigenvalue weighted by molar-refractivity contribution is 8.00. The molecule has 1 aliphatic rings. The molecule has 2 heterocycles. The van der Waals surface area contributed by atoms with E-state index in [2.05, 4.69) is 10.1 Å². The van der Waals surface area contributed by atoms with Crippen molar-refractivity contribution in [3.63, 3.8) is 0 Å². The van der Waals surface area contributed by atoms with Gasteiger partial charge in [-0.05, 0) is 87.4 Å². The summed E-state index contributed by atoms with van der Waals surface area (Å²) in [6, 6.07) is 7.81. The number of benzene rings is 1. The number of aromatic nitrogens is 2.